The van der Waals surface area contributed by atoms with Crippen LogP contribution >= 0.6 is 15.9 Å². The van der Waals surface area contributed by atoms with Gasteiger partial charge in [-0.25, -0.2) is 13.8 Å². The van der Waals surface area contributed by atoms with E-state index in [4.69, 9.17) is 5.73 Å². The average Bonchev–Trinajstić information content (AvgIpc) is 2.06. The standard InChI is InChI=1S/C7H4BrF5N2/c8-4-2(14)1-3(6(9)10)15-5(4)7(11,12)13/h1,6H,(H2,14,15). The van der Waals surface area contributed by atoms with Crippen LogP contribution < -0.4 is 5.73 Å². The normalized spacial score (nSPS) is 12.2. The highest BCUT2D eigenvalue weighted by Crippen LogP contribution is 2.37. The van der Waals surface area contributed by atoms with Crippen LogP contribution in [0.3, 0.4) is 0 Å². The molecule has 1 aromatic heterocycles. The Labute approximate surface area is 89.4 Å². The number of aromatic nitrogens is 1. The fourth-order valence-corrected chi connectivity index (χ4v) is 1.30. The van der Waals surface area contributed by atoms with E-state index in [1.165, 1.54) is 0 Å². The Hall–Kier alpha value is -0.920. The Bertz CT molecular complexity index is 376. The van der Waals surface area contributed by atoms with Crippen molar-refractivity contribution in [3.8, 4) is 0 Å². The van der Waals surface area contributed by atoms with Crippen LogP contribution in [0.25, 0.3) is 0 Å². The van der Waals surface area contributed by atoms with Crippen LogP contribution in [0.15, 0.2) is 10.5 Å². The third kappa shape index (κ3) is 2.55. The summed E-state index contributed by atoms with van der Waals surface area (Å²) >= 11 is 2.55. The quantitative estimate of drug-likeness (QED) is 0.805. The Morgan fingerprint density at radius 3 is 2.27 bits per heavy atom. The fraction of sp³-hybridized carbons (Fsp3) is 0.286. The lowest BCUT2D eigenvalue weighted by Crippen LogP contribution is -2.12. The third-order valence-electron chi connectivity index (χ3n) is 1.50. The second-order valence-corrected chi connectivity index (χ2v) is 3.39. The first-order valence-electron chi connectivity index (χ1n) is 3.54. The van der Waals surface area contributed by atoms with E-state index in [-0.39, 0.29) is 0 Å². The fourth-order valence-electron chi connectivity index (χ4n) is 0.869. The molecule has 0 saturated heterocycles. The van der Waals surface area contributed by atoms with Gasteiger partial charge in [0.05, 0.1) is 10.2 Å². The number of halogens is 6. The van der Waals surface area contributed by atoms with Gasteiger partial charge in [0, 0.05) is 0 Å². The first-order chi connectivity index (χ1) is 6.73. The zero-order chi connectivity index (χ0) is 11.8. The van der Waals surface area contributed by atoms with Crippen molar-refractivity contribution in [3.05, 3.63) is 21.9 Å². The first-order valence-corrected chi connectivity index (χ1v) is 4.34. The Morgan fingerprint density at radius 1 is 1.33 bits per heavy atom. The summed E-state index contributed by atoms with van der Waals surface area (Å²) in [5.41, 5.74) is 2.27. The predicted molar refractivity (Wildman–Crippen MR) is 46.3 cm³/mol. The molecule has 84 valence electrons. The van der Waals surface area contributed by atoms with Gasteiger partial charge in [0.1, 0.15) is 5.69 Å². The highest BCUT2D eigenvalue weighted by atomic mass is 79.9. The molecule has 0 saturated carbocycles. The molecule has 1 rings (SSSR count). The molecule has 2 nitrogen and oxygen atoms in total. The number of anilines is 1. The molecule has 0 unspecified atom stereocenters. The number of hydrogen-bond donors (Lipinski definition) is 1. The van der Waals surface area contributed by atoms with Crippen molar-refractivity contribution in [2.24, 2.45) is 0 Å². The molecule has 0 spiro atoms. The van der Waals surface area contributed by atoms with Gasteiger partial charge < -0.3 is 5.73 Å². The zero-order valence-corrected chi connectivity index (χ0v) is 8.53. The lowest BCUT2D eigenvalue weighted by Gasteiger charge is -2.11. The molecular formula is C7H4BrF5N2. The maximum atomic E-state index is 12.3. The molecule has 0 aliphatic rings. The summed E-state index contributed by atoms with van der Waals surface area (Å²) in [5, 5.41) is 0. The van der Waals surface area contributed by atoms with E-state index >= 15 is 0 Å². The third-order valence-corrected chi connectivity index (χ3v) is 2.33. The largest absolute Gasteiger partial charge is 0.434 e. The van der Waals surface area contributed by atoms with Crippen molar-refractivity contribution in [1.29, 1.82) is 0 Å². The number of rotatable bonds is 1. The molecule has 0 aliphatic heterocycles. The summed E-state index contributed by atoms with van der Waals surface area (Å²) in [6.07, 6.45) is -7.92. The van der Waals surface area contributed by atoms with Gasteiger partial charge in [-0.15, -0.1) is 0 Å². The molecular weight excluding hydrogens is 287 g/mol. The Morgan fingerprint density at radius 2 is 1.87 bits per heavy atom. The number of hydrogen-bond acceptors (Lipinski definition) is 2. The van der Waals surface area contributed by atoms with Crippen LogP contribution in [0, 0.1) is 0 Å². The maximum Gasteiger partial charge on any atom is 0.434 e. The highest BCUT2D eigenvalue weighted by Gasteiger charge is 2.36. The number of pyridine rings is 1. The van der Waals surface area contributed by atoms with Crippen LogP contribution in [0.5, 0.6) is 0 Å². The lowest BCUT2D eigenvalue weighted by molar-refractivity contribution is -0.142. The minimum absolute atomic E-state index is 0.423. The van der Waals surface area contributed by atoms with Crippen molar-refractivity contribution in [2.75, 3.05) is 5.73 Å². The van der Waals surface area contributed by atoms with Gasteiger partial charge >= 0.3 is 6.18 Å². The van der Waals surface area contributed by atoms with Crippen LogP contribution in [-0.4, -0.2) is 4.98 Å². The molecule has 15 heavy (non-hydrogen) atoms. The first kappa shape index (κ1) is 12.2. The summed E-state index contributed by atoms with van der Waals surface area (Å²) in [5.74, 6) is 0. The Kier molecular flexibility index (Phi) is 3.17. The second-order valence-electron chi connectivity index (χ2n) is 2.60. The van der Waals surface area contributed by atoms with Gasteiger partial charge in [-0.3, -0.25) is 0 Å². The molecule has 0 atom stereocenters. The van der Waals surface area contributed by atoms with Gasteiger partial charge in [0.2, 0.25) is 0 Å². The predicted octanol–water partition coefficient (Wildman–Crippen LogP) is 3.38. The zero-order valence-electron chi connectivity index (χ0n) is 6.95. The molecule has 8 heteroatoms. The van der Waals surface area contributed by atoms with E-state index in [0.29, 0.717) is 6.07 Å². The molecule has 1 heterocycles. The molecule has 2 N–H and O–H groups in total. The molecule has 0 radical (unpaired) electrons. The van der Waals surface area contributed by atoms with E-state index in [9.17, 15) is 22.0 Å². The highest BCUT2D eigenvalue weighted by molar-refractivity contribution is 9.10. The van der Waals surface area contributed by atoms with Crippen molar-refractivity contribution in [2.45, 2.75) is 12.6 Å². The minimum Gasteiger partial charge on any atom is -0.398 e. The van der Waals surface area contributed by atoms with Gasteiger partial charge in [-0.2, -0.15) is 13.2 Å². The second kappa shape index (κ2) is 3.92. The summed E-state index contributed by atoms with van der Waals surface area (Å²) in [4.78, 5) is 2.80. The van der Waals surface area contributed by atoms with E-state index in [1.54, 1.807) is 0 Å². The number of nitrogens with zero attached hydrogens (tertiary/aromatic N) is 1. The average molecular weight is 291 g/mol. The lowest BCUT2D eigenvalue weighted by atomic mass is 10.2. The minimum atomic E-state index is -4.82. The molecule has 1 aromatic rings. The van der Waals surface area contributed by atoms with Crippen LogP contribution in [-0.2, 0) is 6.18 Å². The number of alkyl halides is 5. The van der Waals surface area contributed by atoms with Gasteiger partial charge in [-0.05, 0) is 22.0 Å². The number of nitrogens with two attached hydrogens (primary N) is 1. The van der Waals surface area contributed by atoms with Crippen molar-refractivity contribution in [1.82, 2.24) is 4.98 Å². The van der Waals surface area contributed by atoms with Crippen molar-refractivity contribution >= 4 is 21.6 Å². The monoisotopic (exact) mass is 290 g/mol. The topological polar surface area (TPSA) is 38.9 Å². The van der Waals surface area contributed by atoms with Crippen molar-refractivity contribution in [3.63, 3.8) is 0 Å². The summed E-state index contributed by atoms with van der Waals surface area (Å²) in [6.45, 7) is 0. The molecule has 0 aromatic carbocycles. The van der Waals surface area contributed by atoms with Gasteiger partial charge in [0.15, 0.2) is 5.69 Å². The SMILES string of the molecule is Nc1cc(C(F)F)nc(C(F)(F)F)c1Br. The van der Waals surface area contributed by atoms with E-state index in [2.05, 4.69) is 20.9 Å². The summed E-state index contributed by atoms with van der Waals surface area (Å²) in [7, 11) is 0. The van der Waals surface area contributed by atoms with Gasteiger partial charge in [0.25, 0.3) is 6.43 Å². The molecule has 0 aliphatic carbocycles. The smallest absolute Gasteiger partial charge is 0.398 e. The van der Waals surface area contributed by atoms with Crippen molar-refractivity contribution < 1.29 is 22.0 Å². The molecule has 0 fully saturated rings. The van der Waals surface area contributed by atoms with E-state index < -0.39 is 34.1 Å². The Balaban J connectivity index is 3.38. The summed E-state index contributed by atoms with van der Waals surface area (Å²) in [6, 6.07) is 0.698. The molecule has 0 amide bonds. The van der Waals surface area contributed by atoms with Crippen LogP contribution in [0.4, 0.5) is 27.6 Å². The van der Waals surface area contributed by atoms with Crippen LogP contribution in [0.2, 0.25) is 0 Å². The van der Waals surface area contributed by atoms with E-state index in [0.717, 1.165) is 0 Å². The summed E-state index contributed by atoms with van der Waals surface area (Å²) < 4.78 is 60.6. The number of nitrogen functional groups attached to an aromatic ring is 1. The molecule has 0 bridgehead atoms. The van der Waals surface area contributed by atoms with Gasteiger partial charge in [-0.1, -0.05) is 0 Å². The van der Waals surface area contributed by atoms with E-state index in [1.807, 2.05) is 0 Å². The van der Waals surface area contributed by atoms with Crippen LogP contribution in [0.1, 0.15) is 17.8 Å². The maximum absolute atomic E-state index is 12.3.